The number of likely N-dealkylation sites (tertiary alicyclic amines) is 1. The lowest BCUT2D eigenvalue weighted by atomic mass is 9.74. The van der Waals surface area contributed by atoms with Gasteiger partial charge in [-0.1, -0.05) is 24.6 Å². The van der Waals surface area contributed by atoms with Crippen LogP contribution in [0.4, 0.5) is 38.0 Å². The van der Waals surface area contributed by atoms with E-state index in [1.165, 1.54) is 9.80 Å². The molecule has 2 saturated carbocycles. The smallest absolute Gasteiger partial charge is 0.434 e. The molecule has 1 saturated heterocycles. The number of fused-ring (bicyclic) bond motifs is 4. The minimum Gasteiger partial charge on any atom is -0.479 e. The number of piperidine rings is 1. The van der Waals surface area contributed by atoms with Crippen LogP contribution in [0.2, 0.25) is 0 Å². The van der Waals surface area contributed by atoms with Gasteiger partial charge < -0.3 is 15.3 Å². The number of benzene rings is 1. The minimum atomic E-state index is -5.06. The predicted octanol–water partition coefficient (Wildman–Crippen LogP) is 5.86. The fourth-order valence-corrected chi connectivity index (χ4v) is 8.34. The summed E-state index contributed by atoms with van der Waals surface area (Å²) in [5.41, 5.74) is -2.35. The Kier molecular flexibility index (Phi) is 7.60. The Morgan fingerprint density at radius 3 is 2.44 bits per heavy atom. The van der Waals surface area contributed by atoms with Gasteiger partial charge in [0.1, 0.15) is 5.54 Å². The molecule has 14 heteroatoms. The number of hydrogen-bond acceptors (Lipinski definition) is 6. The van der Waals surface area contributed by atoms with Crippen LogP contribution in [0.15, 0.2) is 24.4 Å². The molecule has 2 N–H and O–H groups in total. The zero-order chi connectivity index (χ0) is 32.5. The maximum Gasteiger partial charge on any atom is 0.434 e. The Morgan fingerprint density at radius 1 is 1.09 bits per heavy atom. The lowest BCUT2D eigenvalue weighted by Crippen LogP contribution is -2.57. The van der Waals surface area contributed by atoms with Gasteiger partial charge >= 0.3 is 18.3 Å². The van der Waals surface area contributed by atoms with E-state index in [0.717, 1.165) is 23.7 Å². The van der Waals surface area contributed by atoms with Gasteiger partial charge in [0, 0.05) is 23.8 Å². The van der Waals surface area contributed by atoms with Gasteiger partial charge in [0.15, 0.2) is 5.69 Å². The summed E-state index contributed by atoms with van der Waals surface area (Å²) in [7, 11) is 0. The molecule has 1 aromatic heterocycles. The number of alkyl halides is 6. The van der Waals surface area contributed by atoms with Crippen molar-refractivity contribution in [3.63, 3.8) is 0 Å². The largest absolute Gasteiger partial charge is 0.479 e. The molecule has 2 aliphatic heterocycles. The average molecular weight is 640 g/mol. The number of amides is 1. The Bertz CT molecular complexity index is 1510. The number of carbonyl (C=O) groups is 2. The highest BCUT2D eigenvalue weighted by atomic mass is 19.4. The van der Waals surface area contributed by atoms with Crippen molar-refractivity contribution in [3.8, 4) is 0 Å². The molecule has 0 radical (unpaired) electrons. The van der Waals surface area contributed by atoms with Crippen molar-refractivity contribution in [3.05, 3.63) is 46.8 Å². The SMILES string of the molecule is Cc1ccc2c(c1)C1(CCN(CC(F)(F)F)CC1)CN2c1ncc(C(=O)NC2(C(=O)O)CC3CC(C)CC2C3)c(C(F)(F)F)n1. The predicted molar refractivity (Wildman–Crippen MR) is 151 cm³/mol. The summed E-state index contributed by atoms with van der Waals surface area (Å²) in [6.07, 6.45) is -5.79. The first kappa shape index (κ1) is 31.6. The highest BCUT2D eigenvalue weighted by Crippen LogP contribution is 2.52. The van der Waals surface area contributed by atoms with Gasteiger partial charge in [-0.25, -0.2) is 14.8 Å². The van der Waals surface area contributed by atoms with Crippen molar-refractivity contribution in [1.29, 1.82) is 0 Å². The second kappa shape index (κ2) is 10.8. The van der Waals surface area contributed by atoms with Crippen LogP contribution in [0, 0.1) is 24.7 Å². The Balaban J connectivity index is 1.31. The van der Waals surface area contributed by atoms with Gasteiger partial charge in [-0.2, -0.15) is 26.3 Å². The van der Waals surface area contributed by atoms with Gasteiger partial charge in [-0.15, -0.1) is 0 Å². The normalized spacial score (nSPS) is 27.9. The summed E-state index contributed by atoms with van der Waals surface area (Å²) in [6, 6.07) is 5.44. The number of rotatable bonds is 5. The van der Waals surface area contributed by atoms with E-state index in [0.29, 0.717) is 31.4 Å². The molecule has 45 heavy (non-hydrogen) atoms. The molecule has 4 aliphatic rings. The van der Waals surface area contributed by atoms with E-state index in [-0.39, 0.29) is 43.8 Å². The van der Waals surface area contributed by atoms with E-state index in [1.54, 1.807) is 12.1 Å². The number of nitrogens with one attached hydrogen (secondary N) is 1. The zero-order valence-corrected chi connectivity index (χ0v) is 24.9. The van der Waals surface area contributed by atoms with Gasteiger partial charge in [0.2, 0.25) is 5.95 Å². The van der Waals surface area contributed by atoms with E-state index >= 15 is 0 Å². The average Bonchev–Trinajstić information content (AvgIpc) is 3.39. The lowest BCUT2D eigenvalue weighted by molar-refractivity contribution is -0.149. The van der Waals surface area contributed by atoms with Gasteiger partial charge in [-0.3, -0.25) is 9.69 Å². The monoisotopic (exact) mass is 639 g/mol. The number of nitrogens with zero attached hydrogens (tertiary/aromatic N) is 4. The minimum absolute atomic E-state index is 0.0578. The molecule has 2 aliphatic carbocycles. The zero-order valence-electron chi connectivity index (χ0n) is 24.9. The van der Waals surface area contributed by atoms with Crippen molar-refractivity contribution < 1.29 is 41.0 Å². The number of carbonyl (C=O) groups excluding carboxylic acids is 1. The molecule has 4 unspecified atom stereocenters. The molecule has 1 aromatic carbocycles. The second-order valence-electron chi connectivity index (χ2n) is 13.5. The van der Waals surface area contributed by atoms with Gasteiger partial charge in [0.25, 0.3) is 5.91 Å². The number of aliphatic carboxylic acids is 1. The Labute approximate surface area is 256 Å². The van der Waals surface area contributed by atoms with Crippen LogP contribution < -0.4 is 10.2 Å². The third-order valence-electron chi connectivity index (χ3n) is 10.3. The summed E-state index contributed by atoms with van der Waals surface area (Å²) < 4.78 is 82.6. The third kappa shape index (κ3) is 5.74. The van der Waals surface area contributed by atoms with Crippen molar-refractivity contribution >= 4 is 23.5 Å². The van der Waals surface area contributed by atoms with Crippen molar-refractivity contribution in [2.24, 2.45) is 17.8 Å². The molecule has 1 amide bonds. The van der Waals surface area contributed by atoms with Crippen LogP contribution in [0.1, 0.15) is 72.6 Å². The molecule has 244 valence electrons. The number of hydrogen-bond donors (Lipinski definition) is 2. The first-order chi connectivity index (χ1) is 21.0. The summed E-state index contributed by atoms with van der Waals surface area (Å²) in [4.78, 5) is 36.8. The molecule has 3 fully saturated rings. The molecule has 2 bridgehead atoms. The van der Waals surface area contributed by atoms with Crippen LogP contribution in [0.3, 0.4) is 0 Å². The Morgan fingerprint density at radius 2 is 1.80 bits per heavy atom. The fraction of sp³-hybridized carbons (Fsp3) is 0.613. The molecule has 2 aromatic rings. The summed E-state index contributed by atoms with van der Waals surface area (Å²) in [5.74, 6) is -2.85. The van der Waals surface area contributed by atoms with Crippen LogP contribution in [0.25, 0.3) is 0 Å². The van der Waals surface area contributed by atoms with E-state index in [4.69, 9.17) is 0 Å². The lowest BCUT2D eigenvalue weighted by Gasteiger charge is -2.40. The van der Waals surface area contributed by atoms with Crippen LogP contribution in [0.5, 0.6) is 0 Å². The highest BCUT2D eigenvalue weighted by Gasteiger charge is 2.57. The number of carboxylic acids is 1. The number of anilines is 2. The second-order valence-corrected chi connectivity index (χ2v) is 13.5. The third-order valence-corrected chi connectivity index (χ3v) is 10.3. The molecule has 3 heterocycles. The summed E-state index contributed by atoms with van der Waals surface area (Å²) >= 11 is 0. The van der Waals surface area contributed by atoms with E-state index in [1.807, 2.05) is 19.9 Å². The van der Waals surface area contributed by atoms with Crippen molar-refractivity contribution in [1.82, 2.24) is 20.2 Å². The van der Waals surface area contributed by atoms with Crippen molar-refractivity contribution in [2.75, 3.05) is 31.1 Å². The van der Waals surface area contributed by atoms with E-state index in [2.05, 4.69) is 15.3 Å². The summed E-state index contributed by atoms with van der Waals surface area (Å²) in [5, 5.41) is 12.7. The number of halogens is 6. The first-order valence-electron chi connectivity index (χ1n) is 15.2. The van der Waals surface area contributed by atoms with Crippen LogP contribution in [-0.4, -0.2) is 69.7 Å². The fourth-order valence-electron chi connectivity index (χ4n) is 8.34. The number of aromatic nitrogens is 2. The quantitative estimate of drug-likeness (QED) is 0.396. The first-order valence-corrected chi connectivity index (χ1v) is 15.2. The van der Waals surface area contributed by atoms with Crippen LogP contribution in [-0.2, 0) is 16.4 Å². The molecular formula is C31H35F6N5O3. The van der Waals surface area contributed by atoms with Crippen LogP contribution >= 0.6 is 0 Å². The van der Waals surface area contributed by atoms with E-state index in [9.17, 15) is 41.0 Å². The number of aryl methyl sites for hydroxylation is 1. The molecule has 1 spiro atoms. The van der Waals surface area contributed by atoms with E-state index < -0.39 is 58.9 Å². The van der Waals surface area contributed by atoms with Gasteiger partial charge in [0.05, 0.1) is 12.1 Å². The Hall–Kier alpha value is -3.42. The molecular weight excluding hydrogens is 604 g/mol. The standard InChI is InChI=1S/C31H35F6N5O3/c1-17-3-4-23-22(11-17)28(5-7-41(8-6-28)16-30(32,33)34)15-42(23)27-38-14-21(24(39-27)31(35,36)37)25(43)40-29(26(44)45)13-19-9-18(2)10-20(29)12-19/h3-4,11,14,18-20H,5-10,12-13,15-16H2,1-2H3,(H,40,43)(H,44,45). The molecule has 6 rings (SSSR count). The molecule has 4 atom stereocenters. The summed E-state index contributed by atoms with van der Waals surface area (Å²) in [6.45, 7) is 3.34. The number of carboxylic acid groups (broad SMARTS) is 1. The highest BCUT2D eigenvalue weighted by molar-refractivity contribution is 5.99. The van der Waals surface area contributed by atoms with Crippen molar-refractivity contribution in [2.45, 2.75) is 75.7 Å². The molecule has 8 nitrogen and oxygen atoms in total. The maximum absolute atomic E-state index is 14.5. The van der Waals surface area contributed by atoms with Gasteiger partial charge in [-0.05, 0) is 87.9 Å². The topological polar surface area (TPSA) is 98.7 Å². The maximum atomic E-state index is 14.5.